The van der Waals surface area contributed by atoms with Crippen LogP contribution in [0.2, 0.25) is 18.1 Å². The summed E-state index contributed by atoms with van der Waals surface area (Å²) in [5, 5.41) is 13.3. The first-order valence-corrected chi connectivity index (χ1v) is 18.9. The zero-order chi connectivity index (χ0) is 30.7. The average molecular weight is 602 g/mol. The highest BCUT2D eigenvalue weighted by molar-refractivity contribution is 8.13. The van der Waals surface area contributed by atoms with Crippen LogP contribution < -0.4 is 10.1 Å². The Hall–Kier alpha value is -2.03. The zero-order valence-corrected chi connectivity index (χ0v) is 28.4. The van der Waals surface area contributed by atoms with E-state index in [4.69, 9.17) is 9.16 Å². The maximum absolute atomic E-state index is 13.4. The molecule has 0 radical (unpaired) electrons. The number of rotatable bonds is 11. The van der Waals surface area contributed by atoms with Crippen LogP contribution in [0.25, 0.3) is 0 Å². The van der Waals surface area contributed by atoms with Gasteiger partial charge in [-0.25, -0.2) is 4.79 Å². The van der Waals surface area contributed by atoms with Crippen LogP contribution in [0.5, 0.6) is 11.5 Å². The second kappa shape index (κ2) is 13.5. The number of nitrogens with one attached hydrogen (secondary N) is 1. The molecule has 1 aromatic carbocycles. The SMILES string of the molecule is C=C(C)[C@@H]1CCC(C)=C[C@H]1c1c(O)cc(CCCCC)cc1OC(=O)S[C@H]1NC(=O)[C@@H]1[C@@H](C)O[Si](C)(C)C(C)(C)C. The predicted molar refractivity (Wildman–Crippen MR) is 172 cm³/mol. The standard InChI is InChI=1S/C33H51NO5SSi/c1-11-12-13-14-23-18-26(35)29(25-17-21(4)15-16-24(25)20(2)3)27(19-23)38-32(37)40-31-28(30(36)34-31)22(5)39-41(9,10)33(6,7)8/h17-19,22,24-25,28,31,35H,2,11-16H2,1,3-10H3,(H,34,36)/t22-,24+,25-,28+,31-/m1/s1. The molecule has 0 aromatic heterocycles. The summed E-state index contributed by atoms with van der Waals surface area (Å²) in [5.41, 5.74) is 3.88. The third-order valence-electron chi connectivity index (χ3n) is 9.08. The minimum absolute atomic E-state index is 0.0111. The first-order valence-electron chi connectivity index (χ1n) is 15.1. The lowest BCUT2D eigenvalue weighted by Crippen LogP contribution is -2.62. The van der Waals surface area contributed by atoms with Crippen LogP contribution in [0.1, 0.15) is 97.6 Å². The van der Waals surface area contributed by atoms with Crippen molar-refractivity contribution in [3.8, 4) is 11.5 Å². The van der Waals surface area contributed by atoms with Gasteiger partial charge in [-0.2, -0.15) is 0 Å². The molecule has 1 heterocycles. The molecule has 0 unspecified atom stereocenters. The summed E-state index contributed by atoms with van der Waals surface area (Å²) in [6, 6.07) is 3.74. The number of ether oxygens (including phenoxy) is 1. The van der Waals surface area contributed by atoms with Gasteiger partial charge in [-0.1, -0.05) is 64.3 Å². The van der Waals surface area contributed by atoms with Crippen molar-refractivity contribution < 1.29 is 23.9 Å². The molecule has 3 rings (SSSR count). The van der Waals surface area contributed by atoms with Gasteiger partial charge in [-0.05, 0) is 100.0 Å². The largest absolute Gasteiger partial charge is 0.507 e. The van der Waals surface area contributed by atoms with Crippen molar-refractivity contribution in [2.45, 2.75) is 123 Å². The molecule has 0 spiro atoms. The number of amides is 1. The van der Waals surface area contributed by atoms with Crippen molar-refractivity contribution in [1.82, 2.24) is 5.32 Å². The molecule has 6 nitrogen and oxygen atoms in total. The molecule has 1 aromatic rings. The molecular weight excluding hydrogens is 551 g/mol. The molecule has 41 heavy (non-hydrogen) atoms. The minimum Gasteiger partial charge on any atom is -0.507 e. The van der Waals surface area contributed by atoms with Crippen molar-refractivity contribution in [1.29, 1.82) is 0 Å². The quantitative estimate of drug-likeness (QED) is 0.0866. The van der Waals surface area contributed by atoms with E-state index in [0.29, 0.717) is 11.3 Å². The van der Waals surface area contributed by atoms with E-state index in [1.165, 1.54) is 5.57 Å². The van der Waals surface area contributed by atoms with E-state index >= 15 is 0 Å². The number of thioether (sulfide) groups is 1. The van der Waals surface area contributed by atoms with Crippen LogP contribution in [-0.2, 0) is 15.6 Å². The van der Waals surface area contributed by atoms with Gasteiger partial charge < -0.3 is 19.6 Å². The zero-order valence-electron chi connectivity index (χ0n) is 26.6. The number of phenolic OH excluding ortho intramolecular Hbond substituents is 1. The Bertz CT molecular complexity index is 1170. The number of allylic oxidation sites excluding steroid dienone is 3. The van der Waals surface area contributed by atoms with Gasteiger partial charge in [0.1, 0.15) is 11.5 Å². The Morgan fingerprint density at radius 3 is 2.54 bits per heavy atom. The van der Waals surface area contributed by atoms with Gasteiger partial charge in [-0.3, -0.25) is 4.79 Å². The van der Waals surface area contributed by atoms with E-state index in [2.05, 4.69) is 65.7 Å². The Morgan fingerprint density at radius 1 is 1.27 bits per heavy atom. The third kappa shape index (κ3) is 8.08. The van der Waals surface area contributed by atoms with E-state index in [1.807, 2.05) is 26.0 Å². The van der Waals surface area contributed by atoms with E-state index in [-0.39, 0.29) is 34.6 Å². The van der Waals surface area contributed by atoms with Crippen LogP contribution in [0.15, 0.2) is 35.9 Å². The molecule has 0 saturated carbocycles. The molecule has 2 N–H and O–H groups in total. The number of hydrogen-bond donors (Lipinski definition) is 2. The topological polar surface area (TPSA) is 84.9 Å². The second-order valence-corrected chi connectivity index (χ2v) is 19.4. The Labute approximate surface area is 252 Å². The lowest BCUT2D eigenvalue weighted by atomic mass is 9.73. The normalized spacial score (nSPS) is 23.7. The summed E-state index contributed by atoms with van der Waals surface area (Å²) >= 11 is 0.979. The van der Waals surface area contributed by atoms with Crippen LogP contribution in [-0.4, -0.2) is 36.1 Å². The fourth-order valence-electron chi connectivity index (χ4n) is 5.58. The number of β-lactam (4-membered cyclic amide) rings is 1. The van der Waals surface area contributed by atoms with E-state index in [1.54, 1.807) is 0 Å². The number of hydrogen-bond acceptors (Lipinski definition) is 6. The minimum atomic E-state index is -2.09. The Balaban J connectivity index is 1.86. The van der Waals surface area contributed by atoms with Gasteiger partial charge >= 0.3 is 5.30 Å². The van der Waals surface area contributed by atoms with Crippen molar-refractivity contribution in [2.24, 2.45) is 11.8 Å². The summed E-state index contributed by atoms with van der Waals surface area (Å²) in [6.07, 6.45) is 7.76. The molecule has 0 bridgehead atoms. The number of carbonyl (C=O) groups excluding carboxylic acids is 2. The van der Waals surface area contributed by atoms with Gasteiger partial charge in [-0.15, -0.1) is 0 Å². The van der Waals surface area contributed by atoms with E-state index < -0.39 is 24.9 Å². The third-order valence-corrected chi connectivity index (χ3v) is 14.6. The van der Waals surface area contributed by atoms with E-state index in [9.17, 15) is 14.7 Å². The fourth-order valence-corrected chi connectivity index (χ4v) is 8.02. The number of phenols is 1. The Morgan fingerprint density at radius 2 is 1.95 bits per heavy atom. The van der Waals surface area contributed by atoms with Gasteiger partial charge in [0.2, 0.25) is 5.91 Å². The Kier molecular flexibility index (Phi) is 11.0. The molecule has 1 amide bonds. The summed E-state index contributed by atoms with van der Waals surface area (Å²) in [5.74, 6) is 0.0119. The smallest absolute Gasteiger partial charge is 0.374 e. The first-order chi connectivity index (χ1) is 19.1. The van der Waals surface area contributed by atoms with Gasteiger partial charge in [0.05, 0.1) is 17.4 Å². The van der Waals surface area contributed by atoms with Crippen LogP contribution in [0.4, 0.5) is 4.79 Å². The lowest BCUT2D eigenvalue weighted by Gasteiger charge is -2.44. The van der Waals surface area contributed by atoms with Crippen molar-refractivity contribution in [3.05, 3.63) is 47.1 Å². The maximum Gasteiger partial charge on any atom is 0.374 e. The fraction of sp³-hybridized carbons (Fsp3) is 0.636. The van der Waals surface area contributed by atoms with Crippen LogP contribution in [0.3, 0.4) is 0 Å². The van der Waals surface area contributed by atoms with E-state index in [0.717, 1.165) is 61.4 Å². The van der Waals surface area contributed by atoms with Crippen LogP contribution in [0, 0.1) is 11.8 Å². The number of aromatic hydroxyl groups is 1. The van der Waals surface area contributed by atoms with Crippen molar-refractivity contribution >= 4 is 31.3 Å². The van der Waals surface area contributed by atoms with Gasteiger partial charge in [0.25, 0.3) is 0 Å². The molecule has 1 aliphatic carbocycles. The molecule has 2 aliphatic rings. The van der Waals surface area contributed by atoms with Crippen LogP contribution >= 0.6 is 11.8 Å². The highest BCUT2D eigenvalue weighted by Crippen LogP contribution is 2.47. The number of unbranched alkanes of at least 4 members (excludes halogenated alkanes) is 2. The molecule has 1 aliphatic heterocycles. The first kappa shape index (κ1) is 33.5. The van der Waals surface area contributed by atoms with Gasteiger partial charge in [0.15, 0.2) is 8.32 Å². The highest BCUT2D eigenvalue weighted by atomic mass is 32.2. The summed E-state index contributed by atoms with van der Waals surface area (Å²) in [4.78, 5) is 25.9. The maximum atomic E-state index is 13.4. The summed E-state index contributed by atoms with van der Waals surface area (Å²) in [7, 11) is -2.09. The highest BCUT2D eigenvalue weighted by Gasteiger charge is 2.49. The predicted octanol–water partition coefficient (Wildman–Crippen LogP) is 8.86. The van der Waals surface area contributed by atoms with Crippen molar-refractivity contribution in [3.63, 3.8) is 0 Å². The summed E-state index contributed by atoms with van der Waals surface area (Å²) < 4.78 is 12.5. The second-order valence-electron chi connectivity index (χ2n) is 13.5. The molecule has 228 valence electrons. The average Bonchev–Trinajstić information content (AvgIpc) is 2.82. The molecular formula is C33H51NO5SSi. The molecule has 8 heteroatoms. The number of benzene rings is 1. The van der Waals surface area contributed by atoms with Gasteiger partial charge in [0, 0.05) is 11.5 Å². The molecule has 1 fully saturated rings. The molecule has 5 atom stereocenters. The number of carbonyl (C=O) groups is 2. The molecule has 1 saturated heterocycles. The monoisotopic (exact) mass is 601 g/mol. The lowest BCUT2D eigenvalue weighted by molar-refractivity contribution is -0.136. The number of aryl methyl sites for hydroxylation is 1. The van der Waals surface area contributed by atoms with Crippen molar-refractivity contribution in [2.75, 3.05) is 0 Å². The summed E-state index contributed by atoms with van der Waals surface area (Å²) in [6.45, 7) is 23.3.